The monoisotopic (exact) mass is 455 g/mol. The molecule has 0 radical (unpaired) electrons. The van der Waals surface area contributed by atoms with Gasteiger partial charge in [0.1, 0.15) is 17.9 Å². The maximum atomic E-state index is 12.5. The molecule has 0 bridgehead atoms. The number of methoxy groups -OCH3 is 1. The van der Waals surface area contributed by atoms with Crippen LogP contribution in [0.25, 0.3) is 22.2 Å². The zero-order chi connectivity index (χ0) is 23.7. The number of hydrogen-bond acceptors (Lipinski definition) is 5. The topological polar surface area (TPSA) is 72.3 Å². The number of hydrogen-bond donors (Lipinski definition) is 1. The summed E-state index contributed by atoms with van der Waals surface area (Å²) in [6, 6.07) is 16.2. The van der Waals surface area contributed by atoms with Crippen LogP contribution in [0.1, 0.15) is 35.0 Å². The van der Waals surface area contributed by atoms with Crippen molar-refractivity contribution in [3.8, 4) is 17.0 Å². The van der Waals surface area contributed by atoms with Gasteiger partial charge in [0, 0.05) is 54.5 Å². The third kappa shape index (κ3) is 3.98. The molecule has 0 unspecified atom stereocenters. The molecule has 0 aliphatic carbocycles. The van der Waals surface area contributed by atoms with Crippen LogP contribution in [0.5, 0.6) is 5.75 Å². The van der Waals surface area contributed by atoms with Crippen LogP contribution in [0.2, 0.25) is 0 Å². The Kier molecular flexibility index (Phi) is 5.92. The summed E-state index contributed by atoms with van der Waals surface area (Å²) in [7, 11) is 1.70. The average molecular weight is 456 g/mol. The fourth-order valence-electron chi connectivity index (χ4n) is 4.76. The van der Waals surface area contributed by atoms with E-state index in [1.165, 1.54) is 5.69 Å². The van der Waals surface area contributed by atoms with Gasteiger partial charge in [0.05, 0.1) is 18.3 Å². The van der Waals surface area contributed by atoms with Gasteiger partial charge >= 0.3 is 0 Å². The third-order valence-electron chi connectivity index (χ3n) is 6.41. The summed E-state index contributed by atoms with van der Waals surface area (Å²) < 4.78 is 7.79. The summed E-state index contributed by atoms with van der Waals surface area (Å²) in [6.07, 6.45) is 2.54. The van der Waals surface area contributed by atoms with E-state index >= 15 is 0 Å². The van der Waals surface area contributed by atoms with Gasteiger partial charge in [-0.1, -0.05) is 19.1 Å². The van der Waals surface area contributed by atoms with Crippen molar-refractivity contribution >= 4 is 22.6 Å². The van der Waals surface area contributed by atoms with Crippen LogP contribution in [0.15, 0.2) is 54.9 Å². The smallest absolute Gasteiger partial charge is 0.254 e. The number of ether oxygens (including phenoxy) is 1. The Balaban J connectivity index is 1.30. The van der Waals surface area contributed by atoms with Gasteiger partial charge in [0.2, 0.25) is 0 Å². The highest BCUT2D eigenvalue weighted by molar-refractivity contribution is 5.99. The maximum absolute atomic E-state index is 12.5. The van der Waals surface area contributed by atoms with E-state index in [4.69, 9.17) is 4.74 Å². The van der Waals surface area contributed by atoms with Crippen molar-refractivity contribution in [3.05, 3.63) is 71.7 Å². The Morgan fingerprint density at radius 2 is 1.97 bits per heavy atom. The second-order valence-electron chi connectivity index (χ2n) is 8.64. The highest BCUT2D eigenvalue weighted by Gasteiger charge is 2.26. The molecule has 3 heterocycles. The minimum atomic E-state index is 0.124. The summed E-state index contributed by atoms with van der Waals surface area (Å²) >= 11 is 0. The molecule has 1 aliphatic rings. The lowest BCUT2D eigenvalue weighted by Crippen LogP contribution is -2.24. The summed E-state index contributed by atoms with van der Waals surface area (Å²) in [5.41, 5.74) is 6.05. The van der Waals surface area contributed by atoms with Gasteiger partial charge in [-0.05, 0) is 49.2 Å². The minimum Gasteiger partial charge on any atom is -0.496 e. The Labute approximate surface area is 199 Å². The molecule has 1 N–H and O–H groups in total. The molecule has 2 aromatic carbocycles. The standard InChI is InChI=1S/C27H29N5O2/c1-4-11-31-16-20-14-19(8-9-21(20)27(31)33)23-15-26(30-17-29-23)28-10-12-32-18(2)13-22-24(32)6-5-7-25(22)34-3/h5-9,13-15,17H,4,10-12,16H2,1-3H3,(H,28,29,30). The molecule has 0 saturated heterocycles. The lowest BCUT2D eigenvalue weighted by molar-refractivity contribution is 0.0778. The van der Waals surface area contributed by atoms with Crippen molar-refractivity contribution in [2.75, 3.05) is 25.5 Å². The van der Waals surface area contributed by atoms with Gasteiger partial charge < -0.3 is 19.5 Å². The van der Waals surface area contributed by atoms with Crippen molar-refractivity contribution in [3.63, 3.8) is 0 Å². The number of nitrogens with zero attached hydrogens (tertiary/aromatic N) is 4. The molecule has 0 saturated carbocycles. The third-order valence-corrected chi connectivity index (χ3v) is 6.41. The first-order valence-electron chi connectivity index (χ1n) is 11.7. The fourth-order valence-corrected chi connectivity index (χ4v) is 4.76. The second-order valence-corrected chi connectivity index (χ2v) is 8.64. The predicted octanol–water partition coefficient (Wildman–Crippen LogP) is 4.89. The molecule has 1 aliphatic heterocycles. The van der Waals surface area contributed by atoms with E-state index in [-0.39, 0.29) is 5.91 Å². The zero-order valence-electron chi connectivity index (χ0n) is 19.8. The Morgan fingerprint density at radius 1 is 1.09 bits per heavy atom. The fraction of sp³-hybridized carbons (Fsp3) is 0.296. The van der Waals surface area contributed by atoms with Crippen LogP contribution in [-0.2, 0) is 13.1 Å². The largest absolute Gasteiger partial charge is 0.496 e. The summed E-state index contributed by atoms with van der Waals surface area (Å²) in [4.78, 5) is 23.3. The first-order chi connectivity index (χ1) is 16.6. The molecule has 2 aromatic heterocycles. The van der Waals surface area contributed by atoms with Gasteiger partial charge in [-0.3, -0.25) is 4.79 Å². The number of carbonyl (C=O) groups excluding carboxylic acids is 1. The summed E-state index contributed by atoms with van der Waals surface area (Å²) in [5.74, 6) is 1.79. The predicted molar refractivity (Wildman–Crippen MR) is 134 cm³/mol. The minimum absolute atomic E-state index is 0.124. The Bertz CT molecular complexity index is 1360. The van der Waals surface area contributed by atoms with Gasteiger partial charge in [0.15, 0.2) is 0 Å². The molecule has 0 fully saturated rings. The number of amides is 1. The number of aryl methyl sites for hydroxylation is 1. The molecule has 0 spiro atoms. The van der Waals surface area contributed by atoms with E-state index in [0.29, 0.717) is 6.54 Å². The molecule has 4 aromatic rings. The molecule has 174 valence electrons. The summed E-state index contributed by atoms with van der Waals surface area (Å²) in [6.45, 7) is 7.18. The van der Waals surface area contributed by atoms with Crippen LogP contribution < -0.4 is 10.1 Å². The number of nitrogens with one attached hydrogen (secondary N) is 1. The lowest BCUT2D eigenvalue weighted by atomic mass is 10.0. The maximum Gasteiger partial charge on any atom is 0.254 e. The molecule has 1 amide bonds. The van der Waals surface area contributed by atoms with Crippen LogP contribution in [0.3, 0.4) is 0 Å². The average Bonchev–Trinajstić information content (AvgIpc) is 3.35. The number of carbonyl (C=O) groups is 1. The highest BCUT2D eigenvalue weighted by atomic mass is 16.5. The lowest BCUT2D eigenvalue weighted by Gasteiger charge is -2.13. The number of rotatable bonds is 8. The normalized spacial score (nSPS) is 12.9. The van der Waals surface area contributed by atoms with E-state index in [1.807, 2.05) is 35.2 Å². The Hall–Kier alpha value is -3.87. The molecule has 7 heteroatoms. The highest BCUT2D eigenvalue weighted by Crippen LogP contribution is 2.30. The van der Waals surface area contributed by atoms with E-state index in [2.05, 4.69) is 51.9 Å². The molecule has 34 heavy (non-hydrogen) atoms. The quantitative estimate of drug-likeness (QED) is 0.409. The molecule has 7 nitrogen and oxygen atoms in total. The molecule has 0 atom stereocenters. The summed E-state index contributed by atoms with van der Waals surface area (Å²) in [5, 5.41) is 4.56. The SMILES string of the molecule is CCCN1Cc2cc(-c3cc(NCCn4c(C)cc5c(OC)cccc54)ncn3)ccc2C1=O. The van der Waals surface area contributed by atoms with E-state index < -0.39 is 0 Å². The molecular formula is C27H29N5O2. The zero-order valence-corrected chi connectivity index (χ0v) is 19.8. The first kappa shape index (κ1) is 21.9. The van der Waals surface area contributed by atoms with Crippen molar-refractivity contribution in [1.29, 1.82) is 0 Å². The number of benzene rings is 2. The van der Waals surface area contributed by atoms with Crippen LogP contribution in [0, 0.1) is 6.92 Å². The second kappa shape index (κ2) is 9.17. The van der Waals surface area contributed by atoms with E-state index in [0.717, 1.165) is 70.9 Å². The van der Waals surface area contributed by atoms with Crippen molar-refractivity contribution in [2.24, 2.45) is 0 Å². The Morgan fingerprint density at radius 3 is 2.79 bits per heavy atom. The van der Waals surface area contributed by atoms with Crippen molar-refractivity contribution in [1.82, 2.24) is 19.4 Å². The number of anilines is 1. The van der Waals surface area contributed by atoms with E-state index in [1.54, 1.807) is 13.4 Å². The van der Waals surface area contributed by atoms with Crippen molar-refractivity contribution < 1.29 is 9.53 Å². The van der Waals surface area contributed by atoms with Crippen LogP contribution in [0.4, 0.5) is 5.82 Å². The molecule has 5 rings (SSSR count). The first-order valence-corrected chi connectivity index (χ1v) is 11.7. The van der Waals surface area contributed by atoms with Crippen molar-refractivity contribution in [2.45, 2.75) is 33.4 Å². The molecular weight excluding hydrogens is 426 g/mol. The number of fused-ring (bicyclic) bond motifs is 2. The number of aromatic nitrogens is 3. The van der Waals surface area contributed by atoms with Gasteiger partial charge in [-0.25, -0.2) is 9.97 Å². The van der Waals surface area contributed by atoms with Gasteiger partial charge in [0.25, 0.3) is 5.91 Å². The van der Waals surface area contributed by atoms with Gasteiger partial charge in [-0.15, -0.1) is 0 Å². The van der Waals surface area contributed by atoms with Gasteiger partial charge in [-0.2, -0.15) is 0 Å². The van der Waals surface area contributed by atoms with E-state index in [9.17, 15) is 4.79 Å². The van der Waals surface area contributed by atoms with Crippen LogP contribution in [-0.4, -0.2) is 45.5 Å². The van der Waals surface area contributed by atoms with Crippen LogP contribution >= 0.6 is 0 Å².